The van der Waals surface area contributed by atoms with Crippen molar-refractivity contribution in [2.45, 2.75) is 19.3 Å². The second-order valence-corrected chi connectivity index (χ2v) is 4.06. The third-order valence-corrected chi connectivity index (χ3v) is 2.98. The first-order valence-electron chi connectivity index (χ1n) is 5.64. The molecule has 0 fully saturated rings. The van der Waals surface area contributed by atoms with Gasteiger partial charge in [-0.05, 0) is 12.0 Å². The number of H-pyrrole nitrogens is 1. The fraction of sp³-hybridized carbons (Fsp3) is 0.308. The van der Waals surface area contributed by atoms with E-state index in [9.17, 15) is 5.11 Å². The maximum absolute atomic E-state index is 10.1. The van der Waals surface area contributed by atoms with Gasteiger partial charge in [-0.15, -0.1) is 0 Å². The molecule has 0 aliphatic heterocycles. The number of rotatable bonds is 4. The number of aromatic nitrogens is 2. The molecule has 90 valence electrons. The molecule has 1 atom stereocenters. The van der Waals surface area contributed by atoms with Crippen LogP contribution in [0.1, 0.15) is 29.7 Å². The minimum absolute atomic E-state index is 0.0372. The van der Waals surface area contributed by atoms with E-state index >= 15 is 0 Å². The lowest BCUT2D eigenvalue weighted by molar-refractivity contribution is 0.297. The Labute approximate surface area is 100.0 Å². The minimum atomic E-state index is 0.0372. The lowest BCUT2D eigenvalue weighted by Gasteiger charge is -2.14. The number of nitrogens with zero attached hydrogens (tertiary/aromatic N) is 1. The van der Waals surface area contributed by atoms with Crippen LogP contribution in [-0.2, 0) is 6.42 Å². The molecular formula is C13H16N2O2. The number of benzene rings is 1. The van der Waals surface area contributed by atoms with Crippen molar-refractivity contribution in [1.82, 2.24) is 9.97 Å². The van der Waals surface area contributed by atoms with Gasteiger partial charge in [-0.3, -0.25) is 0 Å². The van der Waals surface area contributed by atoms with Crippen LogP contribution in [0, 0.1) is 0 Å². The predicted octanol–water partition coefficient (Wildman–Crippen LogP) is 1.80. The molecule has 4 nitrogen and oxygen atoms in total. The van der Waals surface area contributed by atoms with E-state index in [4.69, 9.17) is 5.11 Å². The molecule has 0 spiro atoms. The Morgan fingerprint density at radius 2 is 2.24 bits per heavy atom. The first kappa shape index (κ1) is 11.7. The number of imidazole rings is 1. The molecule has 0 bridgehead atoms. The highest BCUT2D eigenvalue weighted by molar-refractivity contribution is 5.44. The fourth-order valence-electron chi connectivity index (χ4n) is 1.95. The number of hydrogen-bond acceptors (Lipinski definition) is 3. The van der Waals surface area contributed by atoms with Gasteiger partial charge in [0, 0.05) is 30.0 Å². The predicted molar refractivity (Wildman–Crippen MR) is 65.0 cm³/mol. The summed E-state index contributed by atoms with van der Waals surface area (Å²) < 4.78 is 0. The number of para-hydroxylation sites is 1. The zero-order valence-electron chi connectivity index (χ0n) is 9.72. The van der Waals surface area contributed by atoms with Gasteiger partial charge >= 0.3 is 0 Å². The number of phenols is 1. The van der Waals surface area contributed by atoms with Crippen molar-refractivity contribution >= 4 is 0 Å². The largest absolute Gasteiger partial charge is 0.507 e. The molecule has 0 saturated carbocycles. The number of phenolic OH excluding ortho intramolecular Hbond substituents is 1. The smallest absolute Gasteiger partial charge is 0.122 e. The zero-order chi connectivity index (χ0) is 12.3. The summed E-state index contributed by atoms with van der Waals surface area (Å²) >= 11 is 0. The summed E-state index contributed by atoms with van der Waals surface area (Å²) in [5.74, 6) is 0.319. The van der Waals surface area contributed by atoms with Crippen LogP contribution in [0.2, 0.25) is 0 Å². The Kier molecular flexibility index (Phi) is 3.44. The summed E-state index contributed by atoms with van der Waals surface area (Å²) in [6, 6.07) is 5.61. The number of nitrogens with one attached hydrogen (secondary N) is 1. The van der Waals surface area contributed by atoms with Crippen LogP contribution >= 0.6 is 0 Å². The lowest BCUT2D eigenvalue weighted by atomic mass is 9.94. The quantitative estimate of drug-likeness (QED) is 0.753. The lowest BCUT2D eigenvalue weighted by Crippen LogP contribution is -2.00. The van der Waals surface area contributed by atoms with Crippen LogP contribution in [-0.4, -0.2) is 26.8 Å². The topological polar surface area (TPSA) is 69.1 Å². The molecule has 4 heteroatoms. The summed E-state index contributed by atoms with van der Waals surface area (Å²) in [4.78, 5) is 7.02. The van der Waals surface area contributed by atoms with Gasteiger partial charge in [0.25, 0.3) is 0 Å². The molecule has 1 heterocycles. The standard InChI is InChI=1S/C13H16N2O2/c1-9(12-7-14-8-15-12)11-4-2-3-10(5-6-16)13(11)17/h2-4,7-9,16-17H,5-6H2,1H3,(H,14,15). The van der Waals surface area contributed by atoms with E-state index in [0.29, 0.717) is 6.42 Å². The molecule has 17 heavy (non-hydrogen) atoms. The molecule has 0 saturated heterocycles. The molecular weight excluding hydrogens is 216 g/mol. The Hall–Kier alpha value is -1.81. The number of hydrogen-bond donors (Lipinski definition) is 3. The molecule has 0 radical (unpaired) electrons. The summed E-state index contributed by atoms with van der Waals surface area (Å²) in [7, 11) is 0. The Morgan fingerprint density at radius 3 is 2.88 bits per heavy atom. The molecule has 0 aliphatic carbocycles. The van der Waals surface area contributed by atoms with E-state index in [1.54, 1.807) is 12.5 Å². The second kappa shape index (κ2) is 5.01. The van der Waals surface area contributed by atoms with Gasteiger partial charge in [-0.2, -0.15) is 0 Å². The summed E-state index contributed by atoms with van der Waals surface area (Å²) in [6.07, 6.45) is 3.85. The maximum atomic E-state index is 10.1. The Morgan fingerprint density at radius 1 is 1.41 bits per heavy atom. The number of aliphatic hydroxyl groups is 1. The molecule has 2 rings (SSSR count). The summed E-state index contributed by atoms with van der Waals surface area (Å²) in [5, 5.41) is 19.1. The van der Waals surface area contributed by atoms with Crippen LogP contribution in [0.4, 0.5) is 0 Å². The molecule has 1 aromatic carbocycles. The van der Waals surface area contributed by atoms with Crippen molar-refractivity contribution in [2.24, 2.45) is 0 Å². The van der Waals surface area contributed by atoms with Crippen molar-refractivity contribution in [2.75, 3.05) is 6.61 Å². The van der Waals surface area contributed by atoms with E-state index in [0.717, 1.165) is 16.8 Å². The van der Waals surface area contributed by atoms with Crippen LogP contribution in [0.25, 0.3) is 0 Å². The van der Waals surface area contributed by atoms with Gasteiger partial charge in [-0.25, -0.2) is 4.98 Å². The van der Waals surface area contributed by atoms with Crippen LogP contribution in [0.15, 0.2) is 30.7 Å². The average molecular weight is 232 g/mol. The fourth-order valence-corrected chi connectivity index (χ4v) is 1.95. The molecule has 3 N–H and O–H groups in total. The van der Waals surface area contributed by atoms with Crippen LogP contribution < -0.4 is 0 Å². The minimum Gasteiger partial charge on any atom is -0.507 e. The van der Waals surface area contributed by atoms with Crippen molar-refractivity contribution in [3.63, 3.8) is 0 Å². The molecule has 0 aliphatic rings. The van der Waals surface area contributed by atoms with Gasteiger partial charge < -0.3 is 15.2 Å². The Balaban J connectivity index is 2.35. The third kappa shape index (κ3) is 2.31. The number of aromatic amines is 1. The average Bonchev–Trinajstić information content (AvgIpc) is 2.85. The van der Waals surface area contributed by atoms with Crippen molar-refractivity contribution in [3.05, 3.63) is 47.5 Å². The van der Waals surface area contributed by atoms with Crippen LogP contribution in [0.5, 0.6) is 5.75 Å². The van der Waals surface area contributed by atoms with Gasteiger partial charge in [0.05, 0.1) is 6.33 Å². The zero-order valence-corrected chi connectivity index (χ0v) is 9.72. The van der Waals surface area contributed by atoms with Gasteiger partial charge in [0.1, 0.15) is 5.75 Å². The number of aromatic hydroxyl groups is 1. The maximum Gasteiger partial charge on any atom is 0.122 e. The monoisotopic (exact) mass is 232 g/mol. The van der Waals surface area contributed by atoms with Gasteiger partial charge in [0.15, 0.2) is 0 Å². The SMILES string of the molecule is CC(c1cnc[nH]1)c1cccc(CCO)c1O. The third-order valence-electron chi connectivity index (χ3n) is 2.98. The first-order chi connectivity index (χ1) is 8.24. The Bertz CT molecular complexity index is 480. The first-order valence-corrected chi connectivity index (χ1v) is 5.64. The van der Waals surface area contributed by atoms with Crippen molar-refractivity contribution < 1.29 is 10.2 Å². The molecule has 0 amide bonds. The van der Waals surface area contributed by atoms with Gasteiger partial charge in [0.2, 0.25) is 0 Å². The van der Waals surface area contributed by atoms with E-state index in [1.807, 2.05) is 25.1 Å². The van der Waals surface area contributed by atoms with E-state index in [-0.39, 0.29) is 18.3 Å². The highest BCUT2D eigenvalue weighted by Crippen LogP contribution is 2.32. The highest BCUT2D eigenvalue weighted by atomic mass is 16.3. The van der Waals surface area contributed by atoms with Crippen LogP contribution in [0.3, 0.4) is 0 Å². The van der Waals surface area contributed by atoms with Crippen molar-refractivity contribution in [1.29, 1.82) is 0 Å². The summed E-state index contributed by atoms with van der Waals surface area (Å²) in [5.41, 5.74) is 2.58. The highest BCUT2D eigenvalue weighted by Gasteiger charge is 2.15. The van der Waals surface area contributed by atoms with E-state index in [2.05, 4.69) is 9.97 Å². The second-order valence-electron chi connectivity index (χ2n) is 4.06. The molecule has 1 aromatic heterocycles. The molecule has 1 unspecified atom stereocenters. The normalized spacial score (nSPS) is 12.6. The summed E-state index contributed by atoms with van der Waals surface area (Å²) in [6.45, 7) is 2.04. The van der Waals surface area contributed by atoms with Crippen molar-refractivity contribution in [3.8, 4) is 5.75 Å². The number of aliphatic hydroxyl groups excluding tert-OH is 1. The van der Waals surface area contributed by atoms with E-state index in [1.165, 1.54) is 0 Å². The van der Waals surface area contributed by atoms with E-state index < -0.39 is 0 Å². The van der Waals surface area contributed by atoms with Gasteiger partial charge in [-0.1, -0.05) is 25.1 Å². The molecule has 2 aromatic rings.